The Labute approximate surface area is 127 Å². The van der Waals surface area contributed by atoms with Gasteiger partial charge in [0.2, 0.25) is 5.88 Å². The van der Waals surface area contributed by atoms with Crippen molar-refractivity contribution in [3.63, 3.8) is 0 Å². The van der Waals surface area contributed by atoms with E-state index in [9.17, 15) is 8.42 Å². The minimum absolute atomic E-state index is 0.0509. The van der Waals surface area contributed by atoms with Gasteiger partial charge in [-0.15, -0.1) is 0 Å². The number of nitrogen functional groups attached to an aromatic ring is 1. The average Bonchev–Trinajstić information content (AvgIpc) is 2.40. The van der Waals surface area contributed by atoms with Crippen LogP contribution in [-0.2, 0) is 9.84 Å². The number of hydrogen-bond donors (Lipinski definition) is 2. The van der Waals surface area contributed by atoms with Crippen LogP contribution >= 0.6 is 11.6 Å². The summed E-state index contributed by atoms with van der Waals surface area (Å²) >= 11 is 6.06. The minimum atomic E-state index is -3.34. The van der Waals surface area contributed by atoms with Crippen LogP contribution in [0.5, 0.6) is 11.6 Å². The van der Waals surface area contributed by atoms with Crippen molar-refractivity contribution >= 4 is 27.3 Å². The second-order valence-corrected chi connectivity index (χ2v) is 6.63. The SMILES string of the molecule is CS(=O)(=O)c1cccc(Oc2nccc(C(=N)N)c2Cl)c1. The Balaban J connectivity index is 2.40. The molecule has 0 saturated heterocycles. The standard InChI is InChI=1S/C13H12ClN3O3S/c1-21(18,19)9-4-2-3-8(7-9)20-13-11(14)10(12(15)16)5-6-17-13/h2-7H,1H3,(H3,15,16). The lowest BCUT2D eigenvalue weighted by molar-refractivity contribution is 0.461. The second kappa shape index (κ2) is 5.71. The van der Waals surface area contributed by atoms with E-state index in [2.05, 4.69) is 4.98 Å². The number of nitrogens with one attached hydrogen (secondary N) is 1. The van der Waals surface area contributed by atoms with E-state index in [1.54, 1.807) is 12.1 Å². The molecule has 110 valence electrons. The molecule has 0 amide bonds. The average molecular weight is 326 g/mol. The molecule has 0 aliphatic rings. The van der Waals surface area contributed by atoms with E-state index >= 15 is 0 Å². The van der Waals surface area contributed by atoms with Crippen molar-refractivity contribution in [3.05, 3.63) is 47.1 Å². The lowest BCUT2D eigenvalue weighted by atomic mass is 10.2. The number of ether oxygens (including phenoxy) is 1. The third kappa shape index (κ3) is 3.50. The van der Waals surface area contributed by atoms with Gasteiger partial charge in [0.25, 0.3) is 0 Å². The zero-order valence-electron chi connectivity index (χ0n) is 11.0. The maximum Gasteiger partial charge on any atom is 0.238 e. The number of halogens is 1. The molecule has 0 aliphatic heterocycles. The van der Waals surface area contributed by atoms with Gasteiger partial charge < -0.3 is 10.5 Å². The zero-order valence-corrected chi connectivity index (χ0v) is 12.6. The molecule has 1 aromatic carbocycles. The Morgan fingerprint density at radius 1 is 1.38 bits per heavy atom. The summed E-state index contributed by atoms with van der Waals surface area (Å²) in [6.45, 7) is 0. The Morgan fingerprint density at radius 2 is 2.10 bits per heavy atom. The van der Waals surface area contributed by atoms with Crippen LogP contribution < -0.4 is 10.5 Å². The third-order valence-electron chi connectivity index (χ3n) is 2.60. The van der Waals surface area contributed by atoms with Crippen molar-refractivity contribution in [1.29, 1.82) is 5.41 Å². The second-order valence-electron chi connectivity index (χ2n) is 4.24. The van der Waals surface area contributed by atoms with Gasteiger partial charge in [0.15, 0.2) is 9.84 Å². The summed E-state index contributed by atoms with van der Waals surface area (Å²) < 4.78 is 28.5. The maximum atomic E-state index is 11.5. The molecule has 21 heavy (non-hydrogen) atoms. The fraction of sp³-hybridized carbons (Fsp3) is 0.0769. The maximum absolute atomic E-state index is 11.5. The fourth-order valence-electron chi connectivity index (χ4n) is 1.58. The first-order chi connectivity index (χ1) is 9.79. The van der Waals surface area contributed by atoms with Gasteiger partial charge in [-0.2, -0.15) is 0 Å². The Kier molecular flexibility index (Phi) is 4.15. The van der Waals surface area contributed by atoms with Crippen molar-refractivity contribution in [3.8, 4) is 11.6 Å². The third-order valence-corrected chi connectivity index (χ3v) is 4.07. The number of nitrogens with zero attached hydrogens (tertiary/aromatic N) is 1. The molecule has 2 aromatic rings. The number of pyridine rings is 1. The van der Waals surface area contributed by atoms with Crippen LogP contribution in [0.1, 0.15) is 5.56 Å². The number of rotatable bonds is 4. The number of sulfone groups is 1. The first kappa shape index (κ1) is 15.3. The van der Waals surface area contributed by atoms with Crippen LogP contribution in [0.4, 0.5) is 0 Å². The van der Waals surface area contributed by atoms with Gasteiger partial charge in [-0.3, -0.25) is 5.41 Å². The Bertz CT molecular complexity index is 806. The molecule has 0 spiro atoms. The van der Waals surface area contributed by atoms with Gasteiger partial charge in [-0.1, -0.05) is 17.7 Å². The molecule has 0 aliphatic carbocycles. The van der Waals surface area contributed by atoms with Crippen LogP contribution in [0.25, 0.3) is 0 Å². The molecule has 8 heteroatoms. The zero-order chi connectivity index (χ0) is 15.6. The van der Waals surface area contributed by atoms with Crippen molar-refractivity contribution in [2.24, 2.45) is 5.73 Å². The predicted molar refractivity (Wildman–Crippen MR) is 79.9 cm³/mol. The summed E-state index contributed by atoms with van der Waals surface area (Å²) in [6, 6.07) is 7.45. The van der Waals surface area contributed by atoms with Crippen LogP contribution in [0.3, 0.4) is 0 Å². The van der Waals surface area contributed by atoms with Gasteiger partial charge in [0, 0.05) is 18.0 Å². The van der Waals surface area contributed by atoms with Gasteiger partial charge >= 0.3 is 0 Å². The quantitative estimate of drug-likeness (QED) is 0.662. The fourth-order valence-corrected chi connectivity index (χ4v) is 2.49. The predicted octanol–water partition coefficient (Wildman–Crippen LogP) is 2.21. The minimum Gasteiger partial charge on any atom is -0.437 e. The molecule has 0 saturated carbocycles. The monoisotopic (exact) mass is 325 g/mol. The molecule has 0 atom stereocenters. The highest BCUT2D eigenvalue weighted by molar-refractivity contribution is 7.90. The molecule has 1 heterocycles. The van der Waals surface area contributed by atoms with Crippen molar-refractivity contribution in [2.75, 3.05) is 6.26 Å². The summed E-state index contributed by atoms with van der Waals surface area (Å²) in [6.07, 6.45) is 2.51. The highest BCUT2D eigenvalue weighted by Crippen LogP contribution is 2.30. The number of nitrogens with two attached hydrogens (primary N) is 1. The number of benzene rings is 1. The van der Waals surface area contributed by atoms with Crippen molar-refractivity contribution < 1.29 is 13.2 Å². The summed E-state index contributed by atoms with van der Waals surface area (Å²) in [7, 11) is -3.34. The number of amidine groups is 1. The molecular formula is C13H12ClN3O3S. The molecule has 0 bridgehead atoms. The molecular weight excluding hydrogens is 314 g/mol. The van der Waals surface area contributed by atoms with Crippen LogP contribution in [-0.4, -0.2) is 25.5 Å². The first-order valence-corrected chi connectivity index (χ1v) is 8.03. The van der Waals surface area contributed by atoms with Gasteiger partial charge in [-0.05, 0) is 24.3 Å². The van der Waals surface area contributed by atoms with Gasteiger partial charge in [0.1, 0.15) is 16.6 Å². The molecule has 6 nitrogen and oxygen atoms in total. The lowest BCUT2D eigenvalue weighted by Crippen LogP contribution is -2.12. The first-order valence-electron chi connectivity index (χ1n) is 5.76. The van der Waals surface area contributed by atoms with E-state index in [0.717, 1.165) is 6.26 Å². The van der Waals surface area contributed by atoms with Gasteiger partial charge in [0.05, 0.1) is 4.90 Å². The van der Waals surface area contributed by atoms with Crippen molar-refractivity contribution in [2.45, 2.75) is 4.90 Å². The summed E-state index contributed by atoms with van der Waals surface area (Å²) in [4.78, 5) is 4.08. The number of aromatic nitrogens is 1. The molecule has 3 N–H and O–H groups in total. The summed E-state index contributed by atoms with van der Waals surface area (Å²) in [5, 5.41) is 7.49. The molecule has 0 fully saturated rings. The van der Waals surface area contributed by atoms with E-state index in [1.165, 1.54) is 24.4 Å². The van der Waals surface area contributed by atoms with Gasteiger partial charge in [-0.25, -0.2) is 13.4 Å². The topological polar surface area (TPSA) is 106 Å². The smallest absolute Gasteiger partial charge is 0.238 e. The molecule has 2 rings (SSSR count). The van der Waals surface area contributed by atoms with Crippen molar-refractivity contribution in [1.82, 2.24) is 4.98 Å². The molecule has 0 unspecified atom stereocenters. The molecule has 0 radical (unpaired) electrons. The van der Waals surface area contributed by atoms with E-state index in [-0.39, 0.29) is 27.4 Å². The van der Waals surface area contributed by atoms with Crippen LogP contribution in [0, 0.1) is 5.41 Å². The van der Waals surface area contributed by atoms with E-state index in [4.69, 9.17) is 27.5 Å². The molecule has 1 aromatic heterocycles. The Hall–Kier alpha value is -2.12. The summed E-state index contributed by atoms with van der Waals surface area (Å²) in [5.41, 5.74) is 5.69. The normalized spacial score (nSPS) is 11.1. The highest BCUT2D eigenvalue weighted by Gasteiger charge is 2.13. The lowest BCUT2D eigenvalue weighted by Gasteiger charge is -2.09. The van der Waals surface area contributed by atoms with E-state index in [0.29, 0.717) is 5.56 Å². The van der Waals surface area contributed by atoms with Crippen LogP contribution in [0.15, 0.2) is 41.4 Å². The largest absolute Gasteiger partial charge is 0.437 e. The van der Waals surface area contributed by atoms with E-state index < -0.39 is 9.84 Å². The number of hydrogen-bond acceptors (Lipinski definition) is 5. The highest BCUT2D eigenvalue weighted by atomic mass is 35.5. The van der Waals surface area contributed by atoms with Crippen LogP contribution in [0.2, 0.25) is 5.02 Å². The van der Waals surface area contributed by atoms with E-state index in [1.807, 2.05) is 0 Å². The summed E-state index contributed by atoms with van der Waals surface area (Å²) in [5.74, 6) is 0.111. The Morgan fingerprint density at radius 3 is 2.71 bits per heavy atom.